The summed E-state index contributed by atoms with van der Waals surface area (Å²) in [6.45, 7) is 34.9. The van der Waals surface area contributed by atoms with Gasteiger partial charge in [0, 0.05) is 94.2 Å². The van der Waals surface area contributed by atoms with Gasteiger partial charge in [-0.15, -0.1) is 0 Å². The van der Waals surface area contributed by atoms with Gasteiger partial charge >= 0.3 is 0 Å². The van der Waals surface area contributed by atoms with Crippen molar-refractivity contribution in [1.82, 2.24) is 0 Å². The van der Waals surface area contributed by atoms with E-state index >= 15 is 0 Å². The van der Waals surface area contributed by atoms with Crippen LogP contribution in [0.25, 0.3) is 56.3 Å². The first-order valence-electron chi connectivity index (χ1n) is 34.8. The summed E-state index contributed by atoms with van der Waals surface area (Å²) in [6, 6.07) is 48.7. The van der Waals surface area contributed by atoms with E-state index in [4.69, 9.17) is 8.22 Å². The van der Waals surface area contributed by atoms with Gasteiger partial charge in [0.1, 0.15) is 35.2 Å². The zero-order valence-electron chi connectivity index (χ0n) is 64.3. The molecule has 0 aliphatic rings. The lowest BCUT2D eigenvalue weighted by Gasteiger charge is -2.11. The maximum absolute atomic E-state index is 7.45. The molecule has 5 aromatic heterocycles. The Hall–Kier alpha value is -8.15. The summed E-state index contributed by atoms with van der Waals surface area (Å²) < 4.78 is 55.3. The van der Waals surface area contributed by atoms with Crippen molar-refractivity contribution < 1.29 is 31.1 Å². The van der Waals surface area contributed by atoms with Crippen LogP contribution < -0.4 is 22.8 Å². The average molecular weight is 1190 g/mol. The molecule has 5 aromatic carbocycles. The molecule has 5 heteroatoms. The van der Waals surface area contributed by atoms with Gasteiger partial charge in [-0.2, -0.15) is 0 Å². The Bertz CT molecular complexity index is 4200. The lowest BCUT2D eigenvalue weighted by atomic mass is 9.95. The molecular formula is C84H108N5+5. The normalized spacial score (nSPS) is 12.2. The van der Waals surface area contributed by atoms with Crippen LogP contribution in [0.1, 0.15) is 169 Å². The SMILES string of the molecule is CCc1ccc(-c2cc(C)c(C)c[n+]2C)c(C)c1.Cc1cc(C(C)C)ccc1-c1ccc(C(C)C)c[n+]1C.Cc1ccc(-c2cc(C)c(C)c[n+]2C)c(C)c1.Cc1ccc(-c2ccc(C(C)C)c[n+]2C)c(C)c1.[2H]C([2H])([2H])c1ccc(-c2ccc(C([2H])([2H])[2H])c[n+]2C)c(C)c1. The van der Waals surface area contributed by atoms with Gasteiger partial charge in [0.15, 0.2) is 31.0 Å². The summed E-state index contributed by atoms with van der Waals surface area (Å²) in [5, 5.41) is 0. The third kappa shape index (κ3) is 18.5. The van der Waals surface area contributed by atoms with Crippen molar-refractivity contribution in [3.05, 3.63) is 265 Å². The second-order valence-corrected chi connectivity index (χ2v) is 25.8. The number of rotatable bonds is 9. The third-order valence-corrected chi connectivity index (χ3v) is 17.3. The summed E-state index contributed by atoms with van der Waals surface area (Å²) >= 11 is 0. The number of hydrogen-bond acceptors (Lipinski definition) is 0. The van der Waals surface area contributed by atoms with Crippen LogP contribution in [0.3, 0.4) is 0 Å². The highest BCUT2D eigenvalue weighted by molar-refractivity contribution is 5.66. The van der Waals surface area contributed by atoms with Gasteiger partial charge < -0.3 is 0 Å². The first-order valence-corrected chi connectivity index (χ1v) is 31.8. The van der Waals surface area contributed by atoms with Crippen molar-refractivity contribution in [1.29, 1.82) is 0 Å². The number of benzene rings is 5. The molecule has 0 fully saturated rings. The fourth-order valence-electron chi connectivity index (χ4n) is 11.4. The van der Waals surface area contributed by atoms with E-state index in [9.17, 15) is 0 Å². The highest BCUT2D eigenvalue weighted by atomic mass is 14.9. The van der Waals surface area contributed by atoms with Crippen molar-refractivity contribution in [2.45, 2.75) is 163 Å². The Morgan fingerprint density at radius 3 is 0.955 bits per heavy atom. The second kappa shape index (κ2) is 31.3. The van der Waals surface area contributed by atoms with E-state index < -0.39 is 13.7 Å². The largest absolute Gasteiger partial charge is 0.212 e. The summed E-state index contributed by atoms with van der Waals surface area (Å²) in [5.41, 5.74) is 32.5. The molecule has 464 valence electrons. The molecule has 89 heavy (non-hydrogen) atoms. The van der Waals surface area contributed by atoms with Gasteiger partial charge in [-0.05, 0) is 213 Å². The summed E-state index contributed by atoms with van der Waals surface area (Å²) in [7, 11) is 10.3. The van der Waals surface area contributed by atoms with E-state index in [1.807, 2.05) is 6.92 Å². The van der Waals surface area contributed by atoms with Crippen LogP contribution in [0, 0.1) is 89.9 Å². The lowest BCUT2D eigenvalue weighted by Crippen LogP contribution is -2.31. The molecule has 10 rings (SSSR count). The van der Waals surface area contributed by atoms with Crippen molar-refractivity contribution in [2.75, 3.05) is 0 Å². The van der Waals surface area contributed by atoms with E-state index in [0.717, 1.165) is 23.2 Å². The van der Waals surface area contributed by atoms with E-state index in [1.54, 1.807) is 48.1 Å². The molecule has 0 unspecified atom stereocenters. The van der Waals surface area contributed by atoms with E-state index in [0.29, 0.717) is 23.3 Å². The van der Waals surface area contributed by atoms with Gasteiger partial charge in [-0.25, -0.2) is 22.8 Å². The molecule has 10 aromatic rings. The van der Waals surface area contributed by atoms with Crippen LogP contribution in [0.15, 0.2) is 171 Å². The van der Waals surface area contributed by atoms with Gasteiger partial charge in [0.05, 0.1) is 0 Å². The molecule has 0 spiro atoms. The zero-order valence-corrected chi connectivity index (χ0v) is 58.3. The second-order valence-electron chi connectivity index (χ2n) is 25.8. The van der Waals surface area contributed by atoms with Crippen molar-refractivity contribution in [3.63, 3.8) is 0 Å². The first-order chi connectivity index (χ1) is 44.4. The van der Waals surface area contributed by atoms with Gasteiger partial charge in [0.25, 0.3) is 0 Å². The topological polar surface area (TPSA) is 19.4 Å². The monoisotopic (exact) mass is 1190 g/mol. The Morgan fingerprint density at radius 1 is 0.281 bits per heavy atom. The minimum atomic E-state index is -2.14. The minimum Gasteiger partial charge on any atom is -0.201 e. The zero-order chi connectivity index (χ0) is 70.7. The average Bonchev–Trinajstić information content (AvgIpc) is 0.843. The van der Waals surface area contributed by atoms with Crippen LogP contribution in [0.4, 0.5) is 0 Å². The first kappa shape index (κ1) is 61.1. The molecular weight excluding hydrogens is 1080 g/mol. The van der Waals surface area contributed by atoms with E-state index in [1.165, 1.54) is 123 Å². The molecule has 0 aliphatic carbocycles. The summed E-state index contributed by atoms with van der Waals surface area (Å²) in [6.07, 6.45) is 11.6. The molecule has 5 heterocycles. The standard InChI is InChI=1S/C19H26N.2C17H22N.C16H20N.C15H18N/c1-13(2)16-7-9-18(15(5)11-16)19-10-8-17(14(3)4)12-20(19)6;1-12(2)15-7-9-17(18(5)11-15)16-8-6-13(3)10-14(16)4;1-6-15-7-8-16(13(3)9-15)17-10-12(2)14(4)11-18(17)5;1-11-6-7-15(13(3)8-11)16-9-12(2)14(4)10-17(16)5;1-11-5-7-14(13(3)9-11)15-8-6-12(2)10-16(15)4/h7-14H,1-6H3;6-12H,1-5H3;7-11H,6H2,1-5H3;6-10H,1-5H3;5-10H,1-4H3/q5*+1/i;;;;1D3,2D3. The quantitative estimate of drug-likeness (QED) is 0.128. The minimum absolute atomic E-state index is 0.274. The molecule has 5 nitrogen and oxygen atoms in total. The molecule has 0 N–H and O–H groups in total. The fraction of sp³-hybridized carbons (Fsp3) is 0.345. The summed E-state index contributed by atoms with van der Waals surface area (Å²) in [5.74, 6) is 1.73. The van der Waals surface area contributed by atoms with Crippen molar-refractivity contribution in [3.8, 4) is 56.3 Å². The molecule has 0 bridgehead atoms. The van der Waals surface area contributed by atoms with Crippen LogP contribution in [-0.2, 0) is 41.7 Å². The Balaban J connectivity index is 0.000000188. The predicted octanol–water partition coefficient (Wildman–Crippen LogP) is 18.8. The molecule has 0 atom stereocenters. The van der Waals surface area contributed by atoms with Crippen LogP contribution in [-0.4, -0.2) is 0 Å². The smallest absolute Gasteiger partial charge is 0.201 e. The van der Waals surface area contributed by atoms with Gasteiger partial charge in [-0.3, -0.25) is 0 Å². The Kier molecular flexibility index (Phi) is 21.5. The summed E-state index contributed by atoms with van der Waals surface area (Å²) in [4.78, 5) is 0. The molecule has 0 aliphatic heterocycles. The van der Waals surface area contributed by atoms with Crippen LogP contribution in [0.2, 0.25) is 0 Å². The molecule has 0 radical (unpaired) electrons. The van der Waals surface area contributed by atoms with Crippen molar-refractivity contribution >= 4 is 0 Å². The van der Waals surface area contributed by atoms with Gasteiger partial charge in [0.2, 0.25) is 28.5 Å². The number of aryl methyl sites for hydroxylation is 19. The molecule has 0 amide bonds. The molecule has 0 saturated heterocycles. The maximum atomic E-state index is 7.45. The number of aromatic nitrogens is 5. The highest BCUT2D eigenvalue weighted by Gasteiger charge is 2.19. The van der Waals surface area contributed by atoms with E-state index in [2.05, 4.69) is 298 Å². The van der Waals surface area contributed by atoms with Gasteiger partial charge in [-0.1, -0.05) is 126 Å². The van der Waals surface area contributed by atoms with E-state index in [-0.39, 0.29) is 5.56 Å². The lowest BCUT2D eigenvalue weighted by molar-refractivity contribution is -0.661. The van der Waals surface area contributed by atoms with Crippen LogP contribution in [0.5, 0.6) is 0 Å². The number of pyridine rings is 5. The van der Waals surface area contributed by atoms with Crippen LogP contribution >= 0.6 is 0 Å². The third-order valence-electron chi connectivity index (χ3n) is 17.3. The Labute approximate surface area is 547 Å². The molecule has 0 saturated carbocycles. The predicted molar refractivity (Wildman–Crippen MR) is 378 cm³/mol. The number of nitrogens with zero attached hydrogens (tertiary/aromatic N) is 5. The Morgan fingerprint density at radius 2 is 0.596 bits per heavy atom. The number of hydrogen-bond donors (Lipinski definition) is 0. The fourth-order valence-corrected chi connectivity index (χ4v) is 11.4. The van der Waals surface area contributed by atoms with Crippen molar-refractivity contribution in [2.24, 2.45) is 35.2 Å². The maximum Gasteiger partial charge on any atom is 0.212 e. The highest BCUT2D eigenvalue weighted by Crippen LogP contribution is 2.29.